The van der Waals surface area contributed by atoms with Crippen LogP contribution >= 0.6 is 0 Å². The lowest BCUT2D eigenvalue weighted by atomic mass is 9.92. The average Bonchev–Trinajstić information content (AvgIpc) is 2.86. The van der Waals surface area contributed by atoms with Crippen molar-refractivity contribution in [2.45, 2.75) is 44.1 Å². The van der Waals surface area contributed by atoms with Crippen LogP contribution in [0, 0.1) is 10.1 Å². The molecule has 0 bridgehead atoms. The lowest BCUT2D eigenvalue weighted by Crippen LogP contribution is -2.53. The summed E-state index contributed by atoms with van der Waals surface area (Å²) in [6.07, 6.45) is 6.22. The van der Waals surface area contributed by atoms with Gasteiger partial charge in [0.25, 0.3) is 11.6 Å². The number of benzene rings is 1. The van der Waals surface area contributed by atoms with E-state index in [0.717, 1.165) is 50.7 Å². The second kappa shape index (κ2) is 7.41. The number of amides is 1. The first-order valence-electron chi connectivity index (χ1n) is 8.86. The van der Waals surface area contributed by atoms with Crippen molar-refractivity contribution in [2.24, 2.45) is 0 Å². The number of carbonyl (C=O) groups is 2. The average molecular weight is 362 g/mol. The van der Waals surface area contributed by atoms with Crippen molar-refractivity contribution in [2.75, 3.05) is 19.7 Å². The second-order valence-corrected chi connectivity index (χ2v) is 7.00. The van der Waals surface area contributed by atoms with Gasteiger partial charge in [-0.1, -0.05) is 25.7 Å². The minimum Gasteiger partial charge on any atom is -0.478 e. The Labute approximate surface area is 150 Å². The van der Waals surface area contributed by atoms with Gasteiger partial charge in [-0.3, -0.25) is 14.9 Å². The molecule has 8 heteroatoms. The third-order valence-corrected chi connectivity index (χ3v) is 5.17. The van der Waals surface area contributed by atoms with Crippen LogP contribution < -0.4 is 0 Å². The summed E-state index contributed by atoms with van der Waals surface area (Å²) in [5.74, 6) is -1.69. The van der Waals surface area contributed by atoms with E-state index in [1.807, 2.05) is 0 Å². The number of morpholine rings is 1. The molecule has 8 nitrogen and oxygen atoms in total. The highest BCUT2D eigenvalue weighted by Crippen LogP contribution is 2.34. The van der Waals surface area contributed by atoms with Crippen LogP contribution in [0.4, 0.5) is 5.69 Å². The molecule has 0 unspecified atom stereocenters. The van der Waals surface area contributed by atoms with E-state index in [1.165, 1.54) is 6.07 Å². The van der Waals surface area contributed by atoms with Crippen LogP contribution in [-0.4, -0.2) is 52.1 Å². The molecule has 1 aliphatic heterocycles. The van der Waals surface area contributed by atoms with Crippen molar-refractivity contribution >= 4 is 17.6 Å². The molecule has 1 saturated heterocycles. The van der Waals surface area contributed by atoms with E-state index in [4.69, 9.17) is 4.74 Å². The van der Waals surface area contributed by atoms with E-state index in [9.17, 15) is 24.8 Å². The molecule has 26 heavy (non-hydrogen) atoms. The van der Waals surface area contributed by atoms with Gasteiger partial charge in [0.2, 0.25) is 0 Å². The third kappa shape index (κ3) is 3.85. The van der Waals surface area contributed by atoms with Crippen LogP contribution in [0.2, 0.25) is 0 Å². The summed E-state index contributed by atoms with van der Waals surface area (Å²) < 4.78 is 6.03. The van der Waals surface area contributed by atoms with E-state index in [2.05, 4.69) is 0 Å². The maximum absolute atomic E-state index is 12.9. The fourth-order valence-corrected chi connectivity index (χ4v) is 3.84. The fourth-order valence-electron chi connectivity index (χ4n) is 3.84. The molecule has 1 heterocycles. The quantitative estimate of drug-likeness (QED) is 0.654. The normalized spacial score (nSPS) is 19.8. The molecular weight excluding hydrogens is 340 g/mol. The summed E-state index contributed by atoms with van der Waals surface area (Å²) in [6, 6.07) is 3.31. The van der Waals surface area contributed by atoms with Crippen molar-refractivity contribution in [3.8, 4) is 0 Å². The van der Waals surface area contributed by atoms with Gasteiger partial charge in [0.05, 0.1) is 29.2 Å². The molecule has 0 atom stereocenters. The maximum atomic E-state index is 12.9. The van der Waals surface area contributed by atoms with Crippen molar-refractivity contribution in [1.29, 1.82) is 0 Å². The van der Waals surface area contributed by atoms with Crippen LogP contribution in [0.25, 0.3) is 0 Å². The molecule has 1 N–H and O–H groups in total. The SMILES string of the molecule is O=C(O)c1cc(C(=O)N2CCOC3(CCCCCC3)C2)cc([N+](=O)[O-])c1. The predicted octanol–water partition coefficient (Wildman–Crippen LogP) is 2.86. The Balaban J connectivity index is 1.86. The molecule has 0 radical (unpaired) electrons. The summed E-state index contributed by atoms with van der Waals surface area (Å²) >= 11 is 0. The molecular formula is C18H22N2O6. The van der Waals surface area contributed by atoms with Crippen LogP contribution in [-0.2, 0) is 4.74 Å². The summed E-state index contributed by atoms with van der Waals surface area (Å²) in [5, 5.41) is 20.2. The molecule has 1 spiro atoms. The van der Waals surface area contributed by atoms with Crippen molar-refractivity contribution < 1.29 is 24.4 Å². The van der Waals surface area contributed by atoms with E-state index in [0.29, 0.717) is 19.7 Å². The lowest BCUT2D eigenvalue weighted by Gasteiger charge is -2.42. The first-order chi connectivity index (χ1) is 12.4. The zero-order valence-corrected chi connectivity index (χ0v) is 14.5. The third-order valence-electron chi connectivity index (χ3n) is 5.17. The van der Waals surface area contributed by atoms with Gasteiger partial charge in [-0.05, 0) is 18.9 Å². The zero-order valence-electron chi connectivity index (χ0n) is 14.5. The van der Waals surface area contributed by atoms with Crippen molar-refractivity contribution in [3.05, 3.63) is 39.4 Å². The zero-order chi connectivity index (χ0) is 18.7. The van der Waals surface area contributed by atoms with Crippen LogP contribution in [0.15, 0.2) is 18.2 Å². The van der Waals surface area contributed by atoms with Gasteiger partial charge in [-0.25, -0.2) is 4.79 Å². The number of aromatic carboxylic acids is 1. The molecule has 1 aromatic carbocycles. The summed E-state index contributed by atoms with van der Waals surface area (Å²) in [4.78, 5) is 36.2. The number of ether oxygens (including phenoxy) is 1. The van der Waals surface area contributed by atoms with E-state index >= 15 is 0 Å². The van der Waals surface area contributed by atoms with Gasteiger partial charge in [-0.2, -0.15) is 0 Å². The molecule has 2 fully saturated rings. The Morgan fingerprint density at radius 1 is 1.12 bits per heavy atom. The molecule has 140 valence electrons. The van der Waals surface area contributed by atoms with E-state index < -0.39 is 16.6 Å². The van der Waals surface area contributed by atoms with E-state index in [-0.39, 0.29) is 22.6 Å². The highest BCUT2D eigenvalue weighted by molar-refractivity contribution is 5.98. The summed E-state index contributed by atoms with van der Waals surface area (Å²) in [7, 11) is 0. The second-order valence-electron chi connectivity index (χ2n) is 7.00. The number of non-ortho nitro benzene ring substituents is 1. The Bertz CT molecular complexity index is 692. The first-order valence-corrected chi connectivity index (χ1v) is 8.86. The van der Waals surface area contributed by atoms with Crippen LogP contribution in [0.3, 0.4) is 0 Å². The monoisotopic (exact) mass is 362 g/mol. The standard InChI is InChI=1S/C18H22N2O6/c21-16(13-9-14(17(22)23)11-15(10-13)20(24)25)19-7-8-26-18(12-19)5-3-1-2-4-6-18/h9-11H,1-8,12H2,(H,22,23). The number of rotatable bonds is 3. The molecule has 0 aromatic heterocycles. The first kappa shape index (κ1) is 18.3. The van der Waals surface area contributed by atoms with E-state index in [1.54, 1.807) is 4.90 Å². The van der Waals surface area contributed by atoms with Crippen LogP contribution in [0.5, 0.6) is 0 Å². The molecule has 2 aliphatic rings. The maximum Gasteiger partial charge on any atom is 0.335 e. The number of nitrogens with zero attached hydrogens (tertiary/aromatic N) is 2. The number of nitro benzene ring substituents is 1. The minimum absolute atomic E-state index is 0.0299. The Morgan fingerprint density at radius 3 is 2.38 bits per heavy atom. The largest absolute Gasteiger partial charge is 0.478 e. The Morgan fingerprint density at radius 2 is 1.77 bits per heavy atom. The predicted molar refractivity (Wildman–Crippen MR) is 92.3 cm³/mol. The topological polar surface area (TPSA) is 110 Å². The highest BCUT2D eigenvalue weighted by atomic mass is 16.6. The van der Waals surface area contributed by atoms with Gasteiger partial charge in [-0.15, -0.1) is 0 Å². The van der Waals surface area contributed by atoms with Crippen LogP contribution in [0.1, 0.15) is 59.2 Å². The number of carboxylic acid groups (broad SMARTS) is 1. The highest BCUT2D eigenvalue weighted by Gasteiger charge is 2.38. The van der Waals surface area contributed by atoms with Gasteiger partial charge < -0.3 is 14.7 Å². The number of carbonyl (C=O) groups excluding carboxylic acids is 1. The minimum atomic E-state index is -1.30. The molecule has 1 saturated carbocycles. The number of carboxylic acids is 1. The van der Waals surface area contributed by atoms with Crippen molar-refractivity contribution in [3.63, 3.8) is 0 Å². The number of hydrogen-bond donors (Lipinski definition) is 1. The molecule has 1 aromatic rings. The number of hydrogen-bond acceptors (Lipinski definition) is 5. The molecule has 3 rings (SSSR count). The fraction of sp³-hybridized carbons (Fsp3) is 0.556. The van der Waals surface area contributed by atoms with Gasteiger partial charge >= 0.3 is 5.97 Å². The molecule has 1 amide bonds. The Kier molecular flexibility index (Phi) is 5.22. The number of nitro groups is 1. The van der Waals surface area contributed by atoms with Gasteiger partial charge in [0.15, 0.2) is 0 Å². The summed E-state index contributed by atoms with van der Waals surface area (Å²) in [6.45, 7) is 1.26. The smallest absolute Gasteiger partial charge is 0.335 e. The lowest BCUT2D eigenvalue weighted by molar-refractivity contribution is -0.384. The van der Waals surface area contributed by atoms with Gasteiger partial charge in [0, 0.05) is 24.2 Å². The Hall–Kier alpha value is -2.48. The summed E-state index contributed by atoms with van der Waals surface area (Å²) in [5.41, 5.74) is -0.978. The van der Waals surface area contributed by atoms with Gasteiger partial charge in [0.1, 0.15) is 0 Å². The van der Waals surface area contributed by atoms with Crippen molar-refractivity contribution in [1.82, 2.24) is 4.90 Å². The molecule has 1 aliphatic carbocycles.